The number of nitrogens with one attached hydrogen (secondary N) is 1. The molecule has 2 aromatic heterocycles. The summed E-state index contributed by atoms with van der Waals surface area (Å²) in [6.07, 6.45) is 3.72. The first-order valence-electron chi connectivity index (χ1n) is 6.09. The van der Waals surface area contributed by atoms with Gasteiger partial charge in [0.1, 0.15) is 11.9 Å². The minimum atomic E-state index is -1.01. The molecule has 6 heteroatoms. The molecule has 1 aliphatic rings. The highest BCUT2D eigenvalue weighted by molar-refractivity contribution is 5.89. The molecular formula is C13H12N4O2. The van der Waals surface area contributed by atoms with Gasteiger partial charge in [-0.05, 0) is 31.5 Å². The Balaban J connectivity index is 2.20. The normalized spacial score (nSPS) is 18.6. The van der Waals surface area contributed by atoms with Crippen LogP contribution in [-0.4, -0.2) is 27.0 Å². The zero-order chi connectivity index (χ0) is 13.4. The maximum atomic E-state index is 11.0. The summed E-state index contributed by atoms with van der Waals surface area (Å²) in [6.45, 7) is 0.939. The number of aromatic carboxylic acids is 1. The van der Waals surface area contributed by atoms with Crippen LogP contribution in [0.4, 0.5) is 0 Å². The van der Waals surface area contributed by atoms with Gasteiger partial charge in [-0.1, -0.05) is 0 Å². The monoisotopic (exact) mass is 256 g/mol. The van der Waals surface area contributed by atoms with Gasteiger partial charge >= 0.3 is 5.97 Å². The Bertz CT molecular complexity index is 692. The van der Waals surface area contributed by atoms with Gasteiger partial charge in [0.15, 0.2) is 5.69 Å². The molecule has 0 saturated carbocycles. The standard InChI is InChI=1S/C13H12N4O2/c14-7-10-11-6-8(13(18)19)3-5-17(11)12(16-10)9-2-1-4-15-9/h3,5-6,9,15H,1-2,4H2,(H,18,19). The first-order valence-corrected chi connectivity index (χ1v) is 6.09. The van der Waals surface area contributed by atoms with E-state index in [2.05, 4.69) is 10.3 Å². The van der Waals surface area contributed by atoms with Crippen LogP contribution in [0.3, 0.4) is 0 Å². The molecule has 1 aliphatic heterocycles. The number of hydrogen-bond donors (Lipinski definition) is 2. The van der Waals surface area contributed by atoms with E-state index >= 15 is 0 Å². The van der Waals surface area contributed by atoms with Crippen LogP contribution in [-0.2, 0) is 0 Å². The van der Waals surface area contributed by atoms with E-state index in [1.165, 1.54) is 12.1 Å². The largest absolute Gasteiger partial charge is 0.478 e. The second-order valence-electron chi connectivity index (χ2n) is 4.56. The number of pyridine rings is 1. The van der Waals surface area contributed by atoms with Gasteiger partial charge in [-0.25, -0.2) is 9.78 Å². The number of hydrogen-bond acceptors (Lipinski definition) is 4. The molecule has 1 atom stereocenters. The van der Waals surface area contributed by atoms with Gasteiger partial charge in [-0.15, -0.1) is 0 Å². The van der Waals surface area contributed by atoms with Crippen LogP contribution in [0.5, 0.6) is 0 Å². The number of aromatic nitrogens is 2. The van der Waals surface area contributed by atoms with Crippen LogP contribution in [0.1, 0.15) is 40.8 Å². The number of carboxylic acids is 1. The number of nitrogens with zero attached hydrogens (tertiary/aromatic N) is 3. The van der Waals surface area contributed by atoms with Crippen molar-refractivity contribution in [1.82, 2.24) is 14.7 Å². The third kappa shape index (κ3) is 1.84. The second kappa shape index (κ2) is 4.37. The van der Waals surface area contributed by atoms with Gasteiger partial charge in [0.2, 0.25) is 0 Å². The summed E-state index contributed by atoms with van der Waals surface area (Å²) in [7, 11) is 0. The van der Waals surface area contributed by atoms with Crippen molar-refractivity contribution in [1.29, 1.82) is 5.26 Å². The zero-order valence-electron chi connectivity index (χ0n) is 10.1. The highest BCUT2D eigenvalue weighted by Crippen LogP contribution is 2.25. The Kier molecular flexibility index (Phi) is 2.69. The van der Waals surface area contributed by atoms with Gasteiger partial charge < -0.3 is 14.8 Å². The van der Waals surface area contributed by atoms with Crippen molar-refractivity contribution in [3.05, 3.63) is 35.4 Å². The average Bonchev–Trinajstić information content (AvgIpc) is 3.04. The fraction of sp³-hybridized carbons (Fsp3) is 0.308. The number of carboxylic acid groups (broad SMARTS) is 1. The molecule has 2 N–H and O–H groups in total. The Morgan fingerprint density at radius 1 is 1.63 bits per heavy atom. The van der Waals surface area contributed by atoms with E-state index in [0.717, 1.165) is 25.2 Å². The first kappa shape index (κ1) is 11.7. The summed E-state index contributed by atoms with van der Waals surface area (Å²) < 4.78 is 1.80. The second-order valence-corrected chi connectivity index (χ2v) is 4.56. The quantitative estimate of drug-likeness (QED) is 0.845. The predicted octanol–water partition coefficient (Wildman–Crippen LogP) is 1.33. The van der Waals surface area contributed by atoms with Gasteiger partial charge in [0.05, 0.1) is 17.1 Å². The summed E-state index contributed by atoms with van der Waals surface area (Å²) in [5.41, 5.74) is 0.979. The number of imidazole rings is 1. The highest BCUT2D eigenvalue weighted by Gasteiger charge is 2.23. The van der Waals surface area contributed by atoms with Crippen LogP contribution in [0.15, 0.2) is 18.3 Å². The fourth-order valence-electron chi connectivity index (χ4n) is 2.47. The lowest BCUT2D eigenvalue weighted by atomic mass is 10.2. The Morgan fingerprint density at radius 3 is 3.11 bits per heavy atom. The van der Waals surface area contributed by atoms with Gasteiger partial charge in [0, 0.05) is 6.20 Å². The molecule has 96 valence electrons. The Labute approximate surface area is 109 Å². The van der Waals surface area contributed by atoms with Crippen molar-refractivity contribution in [2.45, 2.75) is 18.9 Å². The lowest BCUT2D eigenvalue weighted by Gasteiger charge is -2.08. The van der Waals surface area contributed by atoms with E-state index < -0.39 is 5.97 Å². The molecule has 2 aromatic rings. The molecular weight excluding hydrogens is 244 g/mol. The van der Waals surface area contributed by atoms with Crippen LogP contribution >= 0.6 is 0 Å². The minimum Gasteiger partial charge on any atom is -0.478 e. The molecule has 3 heterocycles. The van der Waals surface area contributed by atoms with Gasteiger partial charge in [-0.2, -0.15) is 5.26 Å². The molecule has 19 heavy (non-hydrogen) atoms. The molecule has 0 amide bonds. The summed E-state index contributed by atoms with van der Waals surface area (Å²) in [5, 5.41) is 21.5. The number of nitriles is 1. The van der Waals surface area contributed by atoms with Crippen molar-refractivity contribution < 1.29 is 9.90 Å². The molecule has 0 aliphatic carbocycles. The van der Waals surface area contributed by atoms with Gasteiger partial charge in [0.25, 0.3) is 0 Å². The van der Waals surface area contributed by atoms with Crippen molar-refractivity contribution in [3.63, 3.8) is 0 Å². The third-order valence-electron chi connectivity index (χ3n) is 3.40. The molecule has 1 unspecified atom stereocenters. The van der Waals surface area contributed by atoms with E-state index in [-0.39, 0.29) is 17.3 Å². The summed E-state index contributed by atoms with van der Waals surface area (Å²) in [6, 6.07) is 5.17. The molecule has 3 rings (SSSR count). The van der Waals surface area contributed by atoms with Crippen molar-refractivity contribution in [2.75, 3.05) is 6.54 Å². The lowest BCUT2D eigenvalue weighted by molar-refractivity contribution is 0.0697. The summed E-state index contributed by atoms with van der Waals surface area (Å²) in [4.78, 5) is 15.3. The molecule has 1 fully saturated rings. The Morgan fingerprint density at radius 2 is 2.47 bits per heavy atom. The highest BCUT2D eigenvalue weighted by atomic mass is 16.4. The fourth-order valence-corrected chi connectivity index (χ4v) is 2.47. The number of fused-ring (bicyclic) bond motifs is 1. The molecule has 0 spiro atoms. The lowest BCUT2D eigenvalue weighted by Crippen LogP contribution is -2.15. The van der Waals surface area contributed by atoms with Crippen LogP contribution in [0.25, 0.3) is 5.52 Å². The van der Waals surface area contributed by atoms with Gasteiger partial charge in [-0.3, -0.25) is 0 Å². The number of rotatable bonds is 2. The van der Waals surface area contributed by atoms with Crippen molar-refractivity contribution >= 4 is 11.5 Å². The first-order chi connectivity index (χ1) is 9.20. The number of carbonyl (C=O) groups is 1. The van der Waals surface area contributed by atoms with Crippen LogP contribution < -0.4 is 5.32 Å². The van der Waals surface area contributed by atoms with Crippen molar-refractivity contribution in [2.24, 2.45) is 0 Å². The van der Waals surface area contributed by atoms with E-state index in [1.807, 2.05) is 6.07 Å². The Hall–Kier alpha value is -2.39. The van der Waals surface area contributed by atoms with E-state index in [9.17, 15) is 4.79 Å². The van der Waals surface area contributed by atoms with Crippen LogP contribution in [0, 0.1) is 11.3 Å². The van der Waals surface area contributed by atoms with Crippen molar-refractivity contribution in [3.8, 4) is 6.07 Å². The van der Waals surface area contributed by atoms with E-state index in [0.29, 0.717) is 5.52 Å². The maximum absolute atomic E-state index is 11.0. The smallest absolute Gasteiger partial charge is 0.335 e. The molecule has 0 bridgehead atoms. The van der Waals surface area contributed by atoms with E-state index in [1.54, 1.807) is 10.6 Å². The topological polar surface area (TPSA) is 90.4 Å². The average molecular weight is 256 g/mol. The molecule has 0 radical (unpaired) electrons. The minimum absolute atomic E-state index is 0.130. The molecule has 1 saturated heterocycles. The van der Waals surface area contributed by atoms with E-state index in [4.69, 9.17) is 10.4 Å². The molecule has 0 aromatic carbocycles. The molecule has 6 nitrogen and oxygen atoms in total. The summed E-state index contributed by atoms with van der Waals surface area (Å²) in [5.74, 6) is -0.228. The zero-order valence-corrected chi connectivity index (χ0v) is 10.1. The summed E-state index contributed by atoms with van der Waals surface area (Å²) >= 11 is 0. The predicted molar refractivity (Wildman–Crippen MR) is 66.8 cm³/mol. The third-order valence-corrected chi connectivity index (χ3v) is 3.40. The van der Waals surface area contributed by atoms with Crippen LogP contribution in [0.2, 0.25) is 0 Å². The SMILES string of the molecule is N#Cc1nc(C2CCCN2)n2ccc(C(=O)O)cc12. The maximum Gasteiger partial charge on any atom is 0.335 e.